The van der Waals surface area contributed by atoms with E-state index in [0.29, 0.717) is 11.8 Å². The molecule has 0 nitrogen and oxygen atoms in total. The number of hydrogen-bond acceptors (Lipinski definition) is 0. The van der Waals surface area contributed by atoms with Gasteiger partial charge in [-0.1, -0.05) is 176 Å². The molecule has 14 rings (SSSR count). The molecule has 0 amide bonds. The Morgan fingerprint density at radius 3 is 1.33 bits per heavy atom. The van der Waals surface area contributed by atoms with Crippen LogP contribution in [0.5, 0.6) is 0 Å². The van der Waals surface area contributed by atoms with Gasteiger partial charge < -0.3 is 0 Å². The molecule has 0 heterocycles. The molecule has 4 fully saturated rings. The first-order valence-corrected chi connectivity index (χ1v) is 21.6. The summed E-state index contributed by atoms with van der Waals surface area (Å²) in [5.74, 6) is 3.25. The van der Waals surface area contributed by atoms with Gasteiger partial charge in [-0.15, -0.1) is 0 Å². The fourth-order valence-corrected chi connectivity index (χ4v) is 13.2. The molecule has 4 saturated carbocycles. The molecule has 9 aromatic rings. The minimum absolute atomic E-state index is 0.0874. The van der Waals surface area contributed by atoms with Crippen LogP contribution in [0.2, 0.25) is 0 Å². The summed E-state index contributed by atoms with van der Waals surface area (Å²) in [5.41, 5.74) is 16.6. The molecule has 4 bridgehead atoms. The van der Waals surface area contributed by atoms with Crippen LogP contribution in [-0.4, -0.2) is 0 Å². The topological polar surface area (TPSA) is 0 Å². The lowest BCUT2D eigenvalue weighted by molar-refractivity contribution is -0.0393. The third kappa shape index (κ3) is 4.58. The molecule has 9 aromatic carbocycles. The zero-order valence-corrected chi connectivity index (χ0v) is 32.7. The van der Waals surface area contributed by atoms with Crippen LogP contribution in [0, 0.1) is 23.7 Å². The van der Waals surface area contributed by atoms with E-state index in [0.717, 1.165) is 11.8 Å². The van der Waals surface area contributed by atoms with Crippen molar-refractivity contribution in [2.45, 2.75) is 37.5 Å². The molecule has 58 heavy (non-hydrogen) atoms. The van der Waals surface area contributed by atoms with E-state index in [9.17, 15) is 0 Å². The fraction of sp³-hybridized carbons (Fsp3) is 0.172. The zero-order valence-electron chi connectivity index (χ0n) is 32.7. The SMILES string of the molecule is c1ccc(-c2ccc(-c3ccc(-c4c5ccccc5c(-c5ccc6c(c5)C5(c7c-6ccc6ccccc76)C6CC7CC(C6)CC5C7)c5ccccc45)cc3)cc2)cc1. The number of fused-ring (bicyclic) bond motifs is 7. The first kappa shape index (κ1) is 32.8. The Labute approximate surface area is 340 Å². The van der Waals surface area contributed by atoms with Crippen molar-refractivity contribution in [3.63, 3.8) is 0 Å². The first-order chi connectivity index (χ1) is 28.7. The van der Waals surface area contributed by atoms with Crippen molar-refractivity contribution in [2.24, 2.45) is 23.7 Å². The normalized spacial score (nSPS) is 22.6. The average molecular weight is 741 g/mol. The number of hydrogen-bond donors (Lipinski definition) is 0. The van der Waals surface area contributed by atoms with E-state index in [4.69, 9.17) is 0 Å². The maximum atomic E-state index is 2.69. The molecule has 0 saturated heterocycles. The third-order valence-electron chi connectivity index (χ3n) is 15.2. The zero-order chi connectivity index (χ0) is 38.0. The quantitative estimate of drug-likeness (QED) is 0.158. The van der Waals surface area contributed by atoms with E-state index in [1.165, 1.54) is 120 Å². The Morgan fingerprint density at radius 2 is 0.759 bits per heavy atom. The van der Waals surface area contributed by atoms with E-state index < -0.39 is 0 Å². The number of rotatable bonds is 4. The molecule has 5 aliphatic carbocycles. The minimum atomic E-state index is 0.0874. The molecule has 276 valence electrons. The molecule has 5 aliphatic rings. The monoisotopic (exact) mass is 740 g/mol. The van der Waals surface area contributed by atoms with Crippen molar-refractivity contribution in [1.29, 1.82) is 0 Å². The van der Waals surface area contributed by atoms with Crippen molar-refractivity contribution in [3.05, 3.63) is 193 Å². The predicted molar refractivity (Wildman–Crippen MR) is 244 cm³/mol. The van der Waals surface area contributed by atoms with Gasteiger partial charge in [0.25, 0.3) is 0 Å². The van der Waals surface area contributed by atoms with E-state index in [2.05, 4.69) is 182 Å². The first-order valence-electron chi connectivity index (χ1n) is 21.6. The smallest absolute Gasteiger partial charge is 0.0278 e. The van der Waals surface area contributed by atoms with E-state index >= 15 is 0 Å². The molecule has 0 atom stereocenters. The van der Waals surface area contributed by atoms with Gasteiger partial charge in [-0.2, -0.15) is 0 Å². The van der Waals surface area contributed by atoms with E-state index in [1.54, 1.807) is 11.1 Å². The van der Waals surface area contributed by atoms with Crippen LogP contribution in [0.25, 0.3) is 88.0 Å². The third-order valence-corrected chi connectivity index (χ3v) is 15.2. The summed E-state index contributed by atoms with van der Waals surface area (Å²) in [6.45, 7) is 0. The Balaban J connectivity index is 0.976. The van der Waals surface area contributed by atoms with Crippen molar-refractivity contribution in [2.75, 3.05) is 0 Å². The Hall–Kier alpha value is -6.24. The highest BCUT2D eigenvalue weighted by atomic mass is 14.6. The van der Waals surface area contributed by atoms with Crippen LogP contribution in [-0.2, 0) is 5.41 Å². The molecule has 0 heteroatoms. The summed E-state index contributed by atoms with van der Waals surface area (Å²) in [6, 6.07) is 69.0. The van der Waals surface area contributed by atoms with Gasteiger partial charge in [0, 0.05) is 5.41 Å². The van der Waals surface area contributed by atoms with Crippen molar-refractivity contribution >= 4 is 32.3 Å². The van der Waals surface area contributed by atoms with Gasteiger partial charge in [-0.05, 0) is 161 Å². The van der Waals surface area contributed by atoms with Crippen LogP contribution in [0.4, 0.5) is 0 Å². The highest BCUT2D eigenvalue weighted by Crippen LogP contribution is 2.70. The molecular formula is C58H44. The summed E-state index contributed by atoms with van der Waals surface area (Å²) in [6.07, 6.45) is 7.01. The molecular weight excluding hydrogens is 697 g/mol. The van der Waals surface area contributed by atoms with E-state index in [-0.39, 0.29) is 5.41 Å². The van der Waals surface area contributed by atoms with Gasteiger partial charge in [0.2, 0.25) is 0 Å². The summed E-state index contributed by atoms with van der Waals surface area (Å²) in [4.78, 5) is 0. The second-order valence-electron chi connectivity index (χ2n) is 18.0. The Bertz CT molecular complexity index is 3010. The summed E-state index contributed by atoms with van der Waals surface area (Å²) >= 11 is 0. The lowest BCUT2D eigenvalue weighted by atomic mass is 9.43. The van der Waals surface area contributed by atoms with Gasteiger partial charge in [0.05, 0.1) is 0 Å². The van der Waals surface area contributed by atoms with Crippen LogP contribution < -0.4 is 0 Å². The molecule has 0 radical (unpaired) electrons. The largest absolute Gasteiger partial charge is 0.0622 e. The van der Waals surface area contributed by atoms with Gasteiger partial charge in [0.1, 0.15) is 0 Å². The highest BCUT2D eigenvalue weighted by molar-refractivity contribution is 6.21. The van der Waals surface area contributed by atoms with Crippen molar-refractivity contribution in [3.8, 4) is 55.6 Å². The van der Waals surface area contributed by atoms with E-state index in [1.807, 2.05) is 0 Å². The Kier molecular flexibility index (Phi) is 7.00. The van der Waals surface area contributed by atoms with Gasteiger partial charge >= 0.3 is 0 Å². The standard InChI is InChI=1S/C58H44/c1-2-10-38(11-3-1)39-18-20-40(21-19-39)41-22-24-43(25-23-41)55-49-14-6-8-16-51(49)56(52-17-9-7-15-50(52)55)44-27-28-48-53-29-26-42-12-4-5-13-47(42)57(53)58(54(48)35-44)45-31-36-30-37(33-45)34-46(58)32-36/h1-29,35-37,45-46H,30-34H2. The maximum Gasteiger partial charge on any atom is 0.0278 e. The van der Waals surface area contributed by atoms with Crippen LogP contribution >= 0.6 is 0 Å². The maximum absolute atomic E-state index is 2.69. The van der Waals surface area contributed by atoms with Crippen molar-refractivity contribution in [1.82, 2.24) is 0 Å². The number of benzene rings is 9. The summed E-state index contributed by atoms with van der Waals surface area (Å²) in [5, 5.41) is 8.17. The summed E-state index contributed by atoms with van der Waals surface area (Å²) in [7, 11) is 0. The van der Waals surface area contributed by atoms with Gasteiger partial charge in [-0.3, -0.25) is 0 Å². The second kappa shape index (κ2) is 12.4. The molecule has 0 aliphatic heterocycles. The van der Waals surface area contributed by atoms with Gasteiger partial charge in [-0.25, -0.2) is 0 Å². The highest BCUT2D eigenvalue weighted by Gasteiger charge is 2.62. The van der Waals surface area contributed by atoms with Crippen LogP contribution in [0.3, 0.4) is 0 Å². The molecule has 0 N–H and O–H groups in total. The molecule has 1 spiro atoms. The van der Waals surface area contributed by atoms with Crippen LogP contribution in [0.15, 0.2) is 182 Å². The Morgan fingerprint density at radius 1 is 0.328 bits per heavy atom. The second-order valence-corrected chi connectivity index (χ2v) is 18.0. The fourth-order valence-electron chi connectivity index (χ4n) is 13.2. The molecule has 0 aromatic heterocycles. The summed E-state index contributed by atoms with van der Waals surface area (Å²) < 4.78 is 0. The average Bonchev–Trinajstić information content (AvgIpc) is 3.58. The van der Waals surface area contributed by atoms with Gasteiger partial charge in [0.15, 0.2) is 0 Å². The van der Waals surface area contributed by atoms with Crippen molar-refractivity contribution < 1.29 is 0 Å². The van der Waals surface area contributed by atoms with Crippen LogP contribution in [0.1, 0.15) is 43.2 Å². The molecule has 0 unspecified atom stereocenters. The lowest BCUT2D eigenvalue weighted by Crippen LogP contribution is -2.55. The lowest BCUT2D eigenvalue weighted by Gasteiger charge is -2.61. The minimum Gasteiger partial charge on any atom is -0.0622 e. The predicted octanol–water partition coefficient (Wildman–Crippen LogP) is 15.5.